The van der Waals surface area contributed by atoms with Gasteiger partial charge in [0.1, 0.15) is 11.2 Å². The monoisotopic (exact) mass is 278 g/mol. The number of allylic oxidation sites excluding steroid dienone is 3. The Labute approximate surface area is 118 Å². The highest BCUT2D eigenvalue weighted by molar-refractivity contribution is 5.84. The number of nitrogens with zero attached hydrogens (tertiary/aromatic N) is 2. The Morgan fingerprint density at radius 1 is 1.55 bits per heavy atom. The maximum absolute atomic E-state index is 13.1. The minimum Gasteiger partial charge on any atom is -0.271 e. The summed E-state index contributed by atoms with van der Waals surface area (Å²) in [6, 6.07) is 1.58. The van der Waals surface area contributed by atoms with E-state index in [0.717, 1.165) is 0 Å². The predicted octanol–water partition coefficient (Wildman–Crippen LogP) is 3.05. The number of hydrogen-bond acceptors (Lipinski definition) is 3. The molecule has 0 N–H and O–H groups in total. The van der Waals surface area contributed by atoms with Gasteiger partial charge in [0.05, 0.1) is 18.7 Å². The molecule has 0 aromatic heterocycles. The Morgan fingerprint density at radius 3 is 2.75 bits per heavy atom. The highest BCUT2D eigenvalue weighted by Gasteiger charge is 2.40. The summed E-state index contributed by atoms with van der Waals surface area (Å²) in [6.07, 6.45) is 4.72. The molecule has 0 radical (unpaired) electrons. The molecule has 5 heteroatoms. The van der Waals surface area contributed by atoms with Gasteiger partial charge in [-0.15, -0.1) is 0 Å². The average Bonchev–Trinajstić information content (AvgIpc) is 2.92. The van der Waals surface area contributed by atoms with Crippen LogP contribution in [-0.4, -0.2) is 23.6 Å². The molecule has 1 heterocycles. The van der Waals surface area contributed by atoms with Crippen molar-refractivity contribution in [2.75, 3.05) is 6.61 Å². The van der Waals surface area contributed by atoms with Crippen molar-refractivity contribution in [3.05, 3.63) is 36.2 Å². The first-order valence-corrected chi connectivity index (χ1v) is 6.40. The third kappa shape index (κ3) is 3.55. The molecule has 0 aromatic rings. The molecule has 4 nitrogen and oxygen atoms in total. The van der Waals surface area contributed by atoms with Gasteiger partial charge in [0.25, 0.3) is 5.91 Å². The normalized spacial score (nSPS) is 20.2. The van der Waals surface area contributed by atoms with E-state index in [2.05, 4.69) is 6.58 Å². The molecule has 1 atom stereocenters. The van der Waals surface area contributed by atoms with E-state index in [4.69, 9.17) is 10.1 Å². The predicted molar refractivity (Wildman–Crippen MR) is 73.7 cm³/mol. The number of amides is 1. The lowest BCUT2D eigenvalue weighted by Gasteiger charge is -2.27. The summed E-state index contributed by atoms with van der Waals surface area (Å²) in [5.41, 5.74) is -0.595. The first kappa shape index (κ1) is 16.1. The Bertz CT molecular complexity index is 500. The molecular formula is C15H19FN2O2. The minimum atomic E-state index is -1.17. The number of hydroxylamine groups is 2. The molecule has 1 rings (SSSR count). The van der Waals surface area contributed by atoms with Gasteiger partial charge in [-0.25, -0.2) is 9.45 Å². The molecule has 20 heavy (non-hydrogen) atoms. The molecule has 0 unspecified atom stereocenters. The zero-order chi connectivity index (χ0) is 15.3. The Balaban J connectivity index is 2.86. The maximum atomic E-state index is 13.1. The fourth-order valence-electron chi connectivity index (χ4n) is 1.72. The summed E-state index contributed by atoms with van der Waals surface area (Å²) in [7, 11) is 0. The second-order valence-electron chi connectivity index (χ2n) is 5.09. The van der Waals surface area contributed by atoms with Crippen LogP contribution in [0.15, 0.2) is 36.2 Å². The van der Waals surface area contributed by atoms with Gasteiger partial charge in [0.15, 0.2) is 0 Å². The molecule has 1 amide bonds. The zero-order valence-corrected chi connectivity index (χ0v) is 12.0. The fraction of sp³-hybridized carbons (Fsp3) is 0.467. The van der Waals surface area contributed by atoms with Crippen LogP contribution in [0.1, 0.15) is 27.2 Å². The van der Waals surface area contributed by atoms with Gasteiger partial charge in [0, 0.05) is 6.42 Å². The summed E-state index contributed by atoms with van der Waals surface area (Å²) in [5, 5.41) is 10.2. The molecule has 0 aromatic carbocycles. The number of carbonyl (C=O) groups excluding carboxylic acids is 1. The summed E-state index contributed by atoms with van der Waals surface area (Å²) < 4.78 is 13.1. The Kier molecular flexibility index (Phi) is 5.23. The van der Waals surface area contributed by atoms with Crippen LogP contribution >= 0.6 is 0 Å². The van der Waals surface area contributed by atoms with Crippen LogP contribution in [0.25, 0.3) is 0 Å². The van der Waals surface area contributed by atoms with Crippen LogP contribution in [-0.2, 0) is 9.63 Å². The van der Waals surface area contributed by atoms with Crippen molar-refractivity contribution < 1.29 is 14.0 Å². The molecule has 0 saturated carbocycles. The van der Waals surface area contributed by atoms with E-state index < -0.39 is 11.3 Å². The molecule has 0 spiro atoms. The number of hydrogen-bond donors (Lipinski definition) is 0. The quantitative estimate of drug-likeness (QED) is 0.743. The number of rotatable bonds is 4. The molecule has 1 aliphatic heterocycles. The number of nitriles is 1. The van der Waals surface area contributed by atoms with Gasteiger partial charge in [-0.1, -0.05) is 18.7 Å². The summed E-state index contributed by atoms with van der Waals surface area (Å²) in [6.45, 7) is 8.88. The summed E-state index contributed by atoms with van der Waals surface area (Å²) >= 11 is 0. The molecule has 1 saturated heterocycles. The SMILES string of the molecule is C=C(/C=C\C(F)=C/C)[C@@H]1CCON1C(=O)C(C)(C)C#N. The van der Waals surface area contributed by atoms with Gasteiger partial charge in [-0.05, 0) is 32.4 Å². The number of carbonyl (C=O) groups is 1. The van der Waals surface area contributed by atoms with Gasteiger partial charge >= 0.3 is 0 Å². The van der Waals surface area contributed by atoms with Crippen LogP contribution in [0.3, 0.4) is 0 Å². The lowest BCUT2D eigenvalue weighted by molar-refractivity contribution is -0.180. The minimum absolute atomic E-state index is 0.365. The van der Waals surface area contributed by atoms with E-state index in [-0.39, 0.29) is 11.9 Å². The van der Waals surface area contributed by atoms with Crippen molar-refractivity contribution >= 4 is 5.91 Å². The summed E-state index contributed by atoms with van der Waals surface area (Å²) in [5.74, 6) is -0.788. The van der Waals surface area contributed by atoms with Crippen molar-refractivity contribution in [3.8, 4) is 6.07 Å². The van der Waals surface area contributed by atoms with E-state index in [9.17, 15) is 9.18 Å². The van der Waals surface area contributed by atoms with E-state index in [1.54, 1.807) is 6.92 Å². The van der Waals surface area contributed by atoms with Crippen molar-refractivity contribution in [1.82, 2.24) is 5.06 Å². The van der Waals surface area contributed by atoms with Crippen molar-refractivity contribution in [2.24, 2.45) is 5.41 Å². The zero-order valence-electron chi connectivity index (χ0n) is 12.0. The molecule has 108 valence electrons. The highest BCUT2D eigenvalue weighted by Crippen LogP contribution is 2.28. The first-order chi connectivity index (χ1) is 9.33. The topological polar surface area (TPSA) is 53.3 Å². The van der Waals surface area contributed by atoms with Gasteiger partial charge in [-0.2, -0.15) is 5.26 Å². The molecule has 1 fully saturated rings. The third-order valence-corrected chi connectivity index (χ3v) is 3.08. The van der Waals surface area contributed by atoms with Crippen molar-refractivity contribution in [3.63, 3.8) is 0 Å². The third-order valence-electron chi connectivity index (χ3n) is 3.08. The van der Waals surface area contributed by atoms with E-state index >= 15 is 0 Å². The fourth-order valence-corrected chi connectivity index (χ4v) is 1.72. The molecule has 0 bridgehead atoms. The second kappa shape index (κ2) is 6.49. The standard InChI is InChI=1S/C15H19FN2O2/c1-5-12(16)7-6-11(2)13-8-9-20-18(13)14(19)15(3,4)10-17/h5-7,13H,2,8-9H2,1,3-4H3/b7-6-,12-5+/t13-/m0/s1. The largest absolute Gasteiger partial charge is 0.271 e. The first-order valence-electron chi connectivity index (χ1n) is 6.40. The molecule has 1 aliphatic rings. The second-order valence-corrected chi connectivity index (χ2v) is 5.09. The molecule has 0 aliphatic carbocycles. The Hall–Kier alpha value is -1.93. The van der Waals surface area contributed by atoms with Crippen molar-refractivity contribution in [1.29, 1.82) is 5.26 Å². The number of halogens is 1. The lowest BCUT2D eigenvalue weighted by Crippen LogP contribution is -2.42. The van der Waals surface area contributed by atoms with E-state index in [1.165, 1.54) is 37.1 Å². The van der Waals surface area contributed by atoms with Crippen molar-refractivity contribution in [2.45, 2.75) is 33.2 Å². The van der Waals surface area contributed by atoms with Gasteiger partial charge < -0.3 is 0 Å². The smallest absolute Gasteiger partial charge is 0.266 e. The van der Waals surface area contributed by atoms with Crippen LogP contribution < -0.4 is 0 Å². The van der Waals surface area contributed by atoms with E-state index in [0.29, 0.717) is 18.6 Å². The van der Waals surface area contributed by atoms with Gasteiger partial charge in [0.2, 0.25) is 0 Å². The van der Waals surface area contributed by atoms with Crippen LogP contribution in [0.2, 0.25) is 0 Å². The maximum Gasteiger partial charge on any atom is 0.266 e. The Morgan fingerprint density at radius 2 is 2.20 bits per heavy atom. The van der Waals surface area contributed by atoms with Crippen LogP contribution in [0.5, 0.6) is 0 Å². The lowest BCUT2D eigenvalue weighted by atomic mass is 9.93. The van der Waals surface area contributed by atoms with Crippen LogP contribution in [0.4, 0.5) is 4.39 Å². The highest BCUT2D eigenvalue weighted by atomic mass is 19.1. The van der Waals surface area contributed by atoms with E-state index in [1.807, 2.05) is 6.07 Å². The molecular weight excluding hydrogens is 259 g/mol. The average molecular weight is 278 g/mol. The van der Waals surface area contributed by atoms with Gasteiger partial charge in [-0.3, -0.25) is 9.63 Å². The van der Waals surface area contributed by atoms with Crippen LogP contribution in [0, 0.1) is 16.7 Å². The summed E-state index contributed by atoms with van der Waals surface area (Å²) in [4.78, 5) is 17.5.